The zero-order chi connectivity index (χ0) is 12.4. The van der Waals surface area contributed by atoms with Gasteiger partial charge < -0.3 is 4.90 Å². The standard InChI is InChI=1S/C13H18ClFN2/c1-9(2)11-4-6-17(8-11)13-12(15)10(7-14)3-5-16-13/h3,5,9,11H,4,6-8H2,1-2H3. The minimum atomic E-state index is -0.257. The van der Waals surface area contributed by atoms with Gasteiger partial charge in [-0.3, -0.25) is 0 Å². The SMILES string of the molecule is CC(C)C1CCN(c2nccc(CCl)c2F)C1. The molecule has 0 radical (unpaired) electrons. The Morgan fingerprint density at radius 3 is 2.94 bits per heavy atom. The third kappa shape index (κ3) is 2.54. The lowest BCUT2D eigenvalue weighted by Crippen LogP contribution is -2.23. The molecule has 2 rings (SSSR count). The molecule has 0 amide bonds. The van der Waals surface area contributed by atoms with E-state index in [9.17, 15) is 4.39 Å². The third-order valence-corrected chi connectivity index (χ3v) is 3.85. The van der Waals surface area contributed by atoms with Crippen LogP contribution in [0.3, 0.4) is 0 Å². The summed E-state index contributed by atoms with van der Waals surface area (Å²) in [6.45, 7) is 6.21. The van der Waals surface area contributed by atoms with E-state index >= 15 is 0 Å². The summed E-state index contributed by atoms with van der Waals surface area (Å²) in [6, 6.07) is 1.64. The zero-order valence-electron chi connectivity index (χ0n) is 10.3. The van der Waals surface area contributed by atoms with Crippen molar-refractivity contribution in [3.63, 3.8) is 0 Å². The predicted octanol–water partition coefficient (Wildman–Crippen LogP) is 3.44. The molecule has 1 aromatic heterocycles. The van der Waals surface area contributed by atoms with Gasteiger partial charge in [-0.1, -0.05) is 13.8 Å². The van der Waals surface area contributed by atoms with Crippen LogP contribution in [0.4, 0.5) is 10.2 Å². The van der Waals surface area contributed by atoms with Crippen molar-refractivity contribution in [1.82, 2.24) is 4.98 Å². The first kappa shape index (κ1) is 12.6. The maximum atomic E-state index is 14.1. The van der Waals surface area contributed by atoms with Gasteiger partial charge in [-0.2, -0.15) is 0 Å². The number of alkyl halides is 1. The summed E-state index contributed by atoms with van der Waals surface area (Å²) in [4.78, 5) is 6.19. The summed E-state index contributed by atoms with van der Waals surface area (Å²) in [5.74, 6) is 1.68. The van der Waals surface area contributed by atoms with E-state index in [4.69, 9.17) is 11.6 Å². The molecule has 0 saturated carbocycles. The number of pyridine rings is 1. The van der Waals surface area contributed by atoms with Gasteiger partial charge in [-0.25, -0.2) is 9.37 Å². The van der Waals surface area contributed by atoms with Gasteiger partial charge in [0.1, 0.15) is 0 Å². The van der Waals surface area contributed by atoms with Crippen molar-refractivity contribution in [2.45, 2.75) is 26.1 Å². The van der Waals surface area contributed by atoms with Gasteiger partial charge in [0.2, 0.25) is 0 Å². The lowest BCUT2D eigenvalue weighted by molar-refractivity contribution is 0.422. The van der Waals surface area contributed by atoms with Crippen LogP contribution in [0.2, 0.25) is 0 Å². The molecule has 1 unspecified atom stereocenters. The van der Waals surface area contributed by atoms with Crippen LogP contribution in [0.25, 0.3) is 0 Å². The van der Waals surface area contributed by atoms with Crippen LogP contribution < -0.4 is 4.90 Å². The van der Waals surface area contributed by atoms with Crippen molar-refractivity contribution in [3.8, 4) is 0 Å². The number of rotatable bonds is 3. The van der Waals surface area contributed by atoms with Gasteiger partial charge in [0, 0.05) is 24.8 Å². The summed E-state index contributed by atoms with van der Waals surface area (Å²) in [6.07, 6.45) is 2.75. The third-order valence-electron chi connectivity index (χ3n) is 3.56. The highest BCUT2D eigenvalue weighted by Crippen LogP contribution is 2.29. The average molecular weight is 257 g/mol. The largest absolute Gasteiger partial charge is 0.354 e. The first-order chi connectivity index (χ1) is 8.13. The van der Waals surface area contributed by atoms with E-state index in [1.54, 1.807) is 12.3 Å². The quantitative estimate of drug-likeness (QED) is 0.770. The van der Waals surface area contributed by atoms with Gasteiger partial charge in [-0.05, 0) is 24.3 Å². The second-order valence-corrected chi connectivity index (χ2v) is 5.25. The van der Waals surface area contributed by atoms with E-state index in [0.717, 1.165) is 19.5 Å². The van der Waals surface area contributed by atoms with E-state index in [2.05, 4.69) is 18.8 Å². The van der Waals surface area contributed by atoms with Gasteiger partial charge in [-0.15, -0.1) is 11.6 Å². The number of aromatic nitrogens is 1. The molecule has 1 atom stereocenters. The van der Waals surface area contributed by atoms with Crippen LogP contribution >= 0.6 is 11.6 Å². The van der Waals surface area contributed by atoms with Gasteiger partial charge >= 0.3 is 0 Å². The van der Waals surface area contributed by atoms with Crippen molar-refractivity contribution < 1.29 is 4.39 Å². The van der Waals surface area contributed by atoms with E-state index in [0.29, 0.717) is 23.2 Å². The Labute approximate surface area is 107 Å². The van der Waals surface area contributed by atoms with Crippen LogP contribution in [0.1, 0.15) is 25.8 Å². The first-order valence-electron chi connectivity index (χ1n) is 6.07. The van der Waals surface area contributed by atoms with Gasteiger partial charge in [0.25, 0.3) is 0 Å². The fourth-order valence-electron chi connectivity index (χ4n) is 2.32. The molecule has 1 aromatic rings. The van der Waals surface area contributed by atoms with Crippen LogP contribution in [0, 0.1) is 17.7 Å². The average Bonchev–Trinajstić information content (AvgIpc) is 2.78. The molecule has 2 heterocycles. The van der Waals surface area contributed by atoms with Crippen molar-refractivity contribution in [1.29, 1.82) is 0 Å². The lowest BCUT2D eigenvalue weighted by atomic mass is 9.95. The molecule has 0 bridgehead atoms. The molecule has 0 N–H and O–H groups in total. The van der Waals surface area contributed by atoms with Crippen LogP contribution in [-0.4, -0.2) is 18.1 Å². The summed E-state index contributed by atoms with van der Waals surface area (Å²) >= 11 is 5.70. The summed E-state index contributed by atoms with van der Waals surface area (Å²) < 4.78 is 14.1. The number of halogens is 2. The van der Waals surface area contributed by atoms with Crippen molar-refractivity contribution in [3.05, 3.63) is 23.6 Å². The molecule has 0 aliphatic carbocycles. The normalized spacial score (nSPS) is 20.3. The van der Waals surface area contributed by atoms with Crippen LogP contribution in [-0.2, 0) is 5.88 Å². The molecule has 1 aliphatic heterocycles. The zero-order valence-corrected chi connectivity index (χ0v) is 11.0. The smallest absolute Gasteiger partial charge is 0.170 e. The van der Waals surface area contributed by atoms with E-state index < -0.39 is 0 Å². The highest BCUT2D eigenvalue weighted by Gasteiger charge is 2.27. The van der Waals surface area contributed by atoms with Crippen LogP contribution in [0.5, 0.6) is 0 Å². The monoisotopic (exact) mass is 256 g/mol. The molecule has 4 heteroatoms. The van der Waals surface area contributed by atoms with Crippen molar-refractivity contribution >= 4 is 17.4 Å². The maximum absolute atomic E-state index is 14.1. The molecule has 0 spiro atoms. The Morgan fingerprint density at radius 2 is 2.35 bits per heavy atom. The highest BCUT2D eigenvalue weighted by molar-refractivity contribution is 6.17. The number of nitrogens with zero attached hydrogens (tertiary/aromatic N) is 2. The Kier molecular flexibility index (Phi) is 3.87. The summed E-state index contributed by atoms with van der Waals surface area (Å²) in [5, 5.41) is 0. The second kappa shape index (κ2) is 5.21. The maximum Gasteiger partial charge on any atom is 0.170 e. The minimum Gasteiger partial charge on any atom is -0.354 e. The first-order valence-corrected chi connectivity index (χ1v) is 6.61. The van der Waals surface area contributed by atoms with Crippen molar-refractivity contribution in [2.75, 3.05) is 18.0 Å². The van der Waals surface area contributed by atoms with Gasteiger partial charge in [0.05, 0.1) is 5.88 Å². The Bertz CT molecular complexity index is 395. The molecule has 1 saturated heterocycles. The van der Waals surface area contributed by atoms with Gasteiger partial charge in [0.15, 0.2) is 11.6 Å². The fourth-order valence-corrected chi connectivity index (χ4v) is 2.53. The van der Waals surface area contributed by atoms with E-state index in [-0.39, 0.29) is 11.7 Å². The fraction of sp³-hybridized carbons (Fsp3) is 0.615. The molecule has 17 heavy (non-hydrogen) atoms. The summed E-state index contributed by atoms with van der Waals surface area (Å²) in [7, 11) is 0. The second-order valence-electron chi connectivity index (χ2n) is 4.98. The van der Waals surface area contributed by atoms with Crippen LogP contribution in [0.15, 0.2) is 12.3 Å². The number of hydrogen-bond donors (Lipinski definition) is 0. The topological polar surface area (TPSA) is 16.1 Å². The molecular weight excluding hydrogens is 239 g/mol. The summed E-state index contributed by atoms with van der Waals surface area (Å²) in [5.41, 5.74) is 0.532. The molecule has 1 fully saturated rings. The Hall–Kier alpha value is -0.830. The van der Waals surface area contributed by atoms with E-state index in [1.807, 2.05) is 4.90 Å². The molecule has 0 aromatic carbocycles. The highest BCUT2D eigenvalue weighted by atomic mass is 35.5. The minimum absolute atomic E-state index is 0.197. The Morgan fingerprint density at radius 1 is 1.59 bits per heavy atom. The molecule has 2 nitrogen and oxygen atoms in total. The Balaban J connectivity index is 2.19. The lowest BCUT2D eigenvalue weighted by Gasteiger charge is -2.20. The van der Waals surface area contributed by atoms with Crippen molar-refractivity contribution in [2.24, 2.45) is 11.8 Å². The molecule has 1 aliphatic rings. The van der Waals surface area contributed by atoms with E-state index in [1.165, 1.54) is 0 Å². The molecular formula is C13H18ClFN2. The molecule has 94 valence electrons. The number of hydrogen-bond acceptors (Lipinski definition) is 2. The predicted molar refractivity (Wildman–Crippen MR) is 68.9 cm³/mol. The number of anilines is 1.